The van der Waals surface area contributed by atoms with Crippen LogP contribution >= 0.6 is 0 Å². The Morgan fingerprint density at radius 1 is 1.25 bits per heavy atom. The number of nitrogens with two attached hydrogens (primary N) is 3. The van der Waals surface area contributed by atoms with E-state index < -0.39 is 12.0 Å². The first-order valence-electron chi connectivity index (χ1n) is 4.02. The molecule has 2 unspecified atom stereocenters. The fraction of sp³-hybridized carbons (Fsp3) is 0.857. The molecule has 0 rings (SSSR count). The van der Waals surface area contributed by atoms with Crippen molar-refractivity contribution in [3.63, 3.8) is 0 Å². The summed E-state index contributed by atoms with van der Waals surface area (Å²) >= 11 is 0. The van der Waals surface area contributed by atoms with Gasteiger partial charge in [0.25, 0.3) is 0 Å². The number of carboxylic acid groups (broad SMARTS) is 1. The lowest BCUT2D eigenvalue weighted by atomic mass is 10.1. The van der Waals surface area contributed by atoms with Crippen LogP contribution in [0.15, 0.2) is 0 Å². The predicted octanol–water partition coefficient (Wildman–Crippen LogP) is -1.15. The standard InChI is InChI=1S/C7H17N3O2/c8-4-3-5(9)1-2-6(10)7(11)12/h5-6H,1-4,8-10H2,(H,11,12). The Morgan fingerprint density at radius 2 is 1.83 bits per heavy atom. The third-order valence-electron chi connectivity index (χ3n) is 1.70. The summed E-state index contributed by atoms with van der Waals surface area (Å²) in [5.41, 5.74) is 16.1. The van der Waals surface area contributed by atoms with Gasteiger partial charge < -0.3 is 22.3 Å². The Labute approximate surface area is 71.9 Å². The van der Waals surface area contributed by atoms with Crippen molar-refractivity contribution in [2.24, 2.45) is 17.2 Å². The topological polar surface area (TPSA) is 115 Å². The van der Waals surface area contributed by atoms with Gasteiger partial charge in [-0.05, 0) is 25.8 Å². The molecule has 0 aliphatic heterocycles. The number of carbonyl (C=O) groups is 1. The summed E-state index contributed by atoms with van der Waals surface area (Å²) in [5.74, 6) is -0.977. The van der Waals surface area contributed by atoms with Crippen molar-refractivity contribution in [2.45, 2.75) is 31.3 Å². The van der Waals surface area contributed by atoms with Crippen LogP contribution in [0.5, 0.6) is 0 Å². The highest BCUT2D eigenvalue weighted by molar-refractivity contribution is 5.72. The van der Waals surface area contributed by atoms with Crippen LogP contribution in [-0.2, 0) is 4.79 Å². The van der Waals surface area contributed by atoms with E-state index in [1.165, 1.54) is 0 Å². The van der Waals surface area contributed by atoms with Gasteiger partial charge in [0, 0.05) is 6.04 Å². The van der Waals surface area contributed by atoms with Crippen LogP contribution < -0.4 is 17.2 Å². The molecule has 0 saturated carbocycles. The summed E-state index contributed by atoms with van der Waals surface area (Å²) in [5, 5.41) is 8.43. The first-order chi connectivity index (χ1) is 5.57. The average Bonchev–Trinajstić information content (AvgIpc) is 2.00. The zero-order chi connectivity index (χ0) is 9.56. The lowest BCUT2D eigenvalue weighted by molar-refractivity contribution is -0.138. The largest absolute Gasteiger partial charge is 0.480 e. The van der Waals surface area contributed by atoms with Crippen molar-refractivity contribution < 1.29 is 9.90 Å². The molecule has 0 aliphatic carbocycles. The molecule has 0 radical (unpaired) electrons. The average molecular weight is 175 g/mol. The highest BCUT2D eigenvalue weighted by atomic mass is 16.4. The van der Waals surface area contributed by atoms with E-state index in [0.717, 1.165) is 0 Å². The molecule has 0 bridgehead atoms. The second-order valence-electron chi connectivity index (χ2n) is 2.86. The lowest BCUT2D eigenvalue weighted by Gasteiger charge is -2.11. The molecule has 2 atom stereocenters. The quantitative estimate of drug-likeness (QED) is 0.407. The summed E-state index contributed by atoms with van der Waals surface area (Å²) in [6.07, 6.45) is 1.74. The monoisotopic (exact) mass is 175 g/mol. The van der Waals surface area contributed by atoms with Gasteiger partial charge in [0.2, 0.25) is 0 Å². The number of rotatable bonds is 6. The smallest absolute Gasteiger partial charge is 0.320 e. The zero-order valence-electron chi connectivity index (χ0n) is 7.07. The molecule has 0 saturated heterocycles. The van der Waals surface area contributed by atoms with Gasteiger partial charge >= 0.3 is 5.97 Å². The maximum absolute atomic E-state index is 10.3. The first-order valence-corrected chi connectivity index (χ1v) is 4.02. The lowest BCUT2D eigenvalue weighted by Crippen LogP contribution is -2.33. The Balaban J connectivity index is 3.46. The van der Waals surface area contributed by atoms with E-state index in [4.69, 9.17) is 22.3 Å². The molecule has 5 heteroatoms. The van der Waals surface area contributed by atoms with Crippen LogP contribution in [0.25, 0.3) is 0 Å². The summed E-state index contributed by atoms with van der Waals surface area (Å²) in [6, 6.07) is -0.825. The van der Waals surface area contributed by atoms with Crippen LogP contribution in [0, 0.1) is 0 Å². The van der Waals surface area contributed by atoms with E-state index in [1.807, 2.05) is 0 Å². The van der Waals surface area contributed by atoms with Crippen LogP contribution in [0.4, 0.5) is 0 Å². The van der Waals surface area contributed by atoms with E-state index >= 15 is 0 Å². The molecule has 72 valence electrons. The number of aliphatic carboxylic acids is 1. The SMILES string of the molecule is NCCC(N)CCC(N)C(=O)O. The molecule has 0 spiro atoms. The number of carboxylic acids is 1. The molecule has 0 aromatic rings. The highest BCUT2D eigenvalue weighted by Gasteiger charge is 2.12. The first kappa shape index (κ1) is 11.4. The molecule has 0 aliphatic rings. The van der Waals surface area contributed by atoms with Gasteiger partial charge in [-0.1, -0.05) is 0 Å². The maximum atomic E-state index is 10.3. The molecular weight excluding hydrogens is 158 g/mol. The van der Waals surface area contributed by atoms with Gasteiger partial charge in [-0.2, -0.15) is 0 Å². The minimum Gasteiger partial charge on any atom is -0.480 e. The van der Waals surface area contributed by atoms with E-state index in [2.05, 4.69) is 0 Å². The summed E-state index contributed by atoms with van der Waals surface area (Å²) in [7, 11) is 0. The maximum Gasteiger partial charge on any atom is 0.320 e. The van der Waals surface area contributed by atoms with Crippen molar-refractivity contribution in [3.8, 4) is 0 Å². The second kappa shape index (κ2) is 5.93. The Hall–Kier alpha value is -0.650. The highest BCUT2D eigenvalue weighted by Crippen LogP contribution is 2.00. The van der Waals surface area contributed by atoms with Gasteiger partial charge in [0.15, 0.2) is 0 Å². The van der Waals surface area contributed by atoms with E-state index in [-0.39, 0.29) is 6.04 Å². The minimum absolute atomic E-state index is 0.0274. The van der Waals surface area contributed by atoms with Crippen molar-refractivity contribution in [2.75, 3.05) is 6.54 Å². The summed E-state index contributed by atoms with van der Waals surface area (Å²) < 4.78 is 0. The second-order valence-corrected chi connectivity index (χ2v) is 2.86. The number of hydrogen-bond donors (Lipinski definition) is 4. The molecule has 0 aromatic carbocycles. The van der Waals surface area contributed by atoms with E-state index in [0.29, 0.717) is 25.8 Å². The fourth-order valence-corrected chi connectivity index (χ4v) is 0.876. The van der Waals surface area contributed by atoms with Crippen molar-refractivity contribution in [1.29, 1.82) is 0 Å². The van der Waals surface area contributed by atoms with Gasteiger partial charge in [-0.25, -0.2) is 0 Å². The van der Waals surface area contributed by atoms with Crippen LogP contribution in [0.2, 0.25) is 0 Å². The molecule has 7 N–H and O–H groups in total. The van der Waals surface area contributed by atoms with Gasteiger partial charge in [0.1, 0.15) is 6.04 Å². The molecule has 5 nitrogen and oxygen atoms in total. The van der Waals surface area contributed by atoms with E-state index in [1.54, 1.807) is 0 Å². The van der Waals surface area contributed by atoms with Gasteiger partial charge in [0.05, 0.1) is 0 Å². The molecule has 0 heterocycles. The van der Waals surface area contributed by atoms with Crippen molar-refractivity contribution >= 4 is 5.97 Å². The third kappa shape index (κ3) is 5.06. The van der Waals surface area contributed by atoms with Crippen LogP contribution in [0.1, 0.15) is 19.3 Å². The molecule has 12 heavy (non-hydrogen) atoms. The zero-order valence-corrected chi connectivity index (χ0v) is 7.07. The van der Waals surface area contributed by atoms with Gasteiger partial charge in [-0.15, -0.1) is 0 Å². The molecular formula is C7H17N3O2. The van der Waals surface area contributed by atoms with Crippen LogP contribution in [-0.4, -0.2) is 29.7 Å². The Kier molecular flexibility index (Phi) is 5.61. The molecule has 0 fully saturated rings. The van der Waals surface area contributed by atoms with Crippen LogP contribution in [0.3, 0.4) is 0 Å². The number of hydrogen-bond acceptors (Lipinski definition) is 4. The molecule has 0 amide bonds. The van der Waals surface area contributed by atoms with E-state index in [9.17, 15) is 4.79 Å². The summed E-state index contributed by atoms with van der Waals surface area (Å²) in [4.78, 5) is 10.3. The van der Waals surface area contributed by atoms with Crippen molar-refractivity contribution in [1.82, 2.24) is 0 Å². The van der Waals surface area contributed by atoms with Crippen molar-refractivity contribution in [3.05, 3.63) is 0 Å². The summed E-state index contributed by atoms with van der Waals surface area (Å²) in [6.45, 7) is 0.531. The third-order valence-corrected chi connectivity index (χ3v) is 1.70. The molecule has 0 aromatic heterocycles. The Morgan fingerprint density at radius 3 is 2.25 bits per heavy atom. The Bertz CT molecular complexity index is 141. The minimum atomic E-state index is -0.977. The normalized spacial score (nSPS) is 15.6. The predicted molar refractivity (Wildman–Crippen MR) is 46.5 cm³/mol. The van der Waals surface area contributed by atoms with Gasteiger partial charge in [-0.3, -0.25) is 4.79 Å². The fourth-order valence-electron chi connectivity index (χ4n) is 0.876.